The van der Waals surface area contributed by atoms with Crippen LogP contribution in [0.25, 0.3) is 0 Å². The number of thioether (sulfide) groups is 1. The van der Waals surface area contributed by atoms with Crippen molar-refractivity contribution in [1.29, 1.82) is 0 Å². The van der Waals surface area contributed by atoms with Crippen LogP contribution in [0, 0.1) is 11.9 Å². The Balaban J connectivity index is 0. The van der Waals surface area contributed by atoms with Gasteiger partial charge in [-0.25, -0.2) is 0 Å². The number of benzene rings is 2. The van der Waals surface area contributed by atoms with E-state index in [0.29, 0.717) is 13.8 Å². The molecular formula is C24H32ClIN5NaS6. The van der Waals surface area contributed by atoms with Gasteiger partial charge >= 0.3 is 29.6 Å². The second kappa shape index (κ2) is 26.4. The predicted molar refractivity (Wildman–Crippen MR) is 167 cm³/mol. The van der Waals surface area contributed by atoms with Crippen molar-refractivity contribution in [3.8, 4) is 0 Å². The topological polar surface area (TPSA) is 63.5 Å². The van der Waals surface area contributed by atoms with Crippen LogP contribution in [0.1, 0.15) is 31.9 Å². The van der Waals surface area contributed by atoms with Crippen LogP contribution in [-0.4, -0.2) is 44.9 Å². The van der Waals surface area contributed by atoms with E-state index in [-0.39, 0.29) is 53.5 Å². The summed E-state index contributed by atoms with van der Waals surface area (Å²) in [5.41, 5.74) is 2.48. The second-order valence-electron chi connectivity index (χ2n) is 6.82. The molecule has 0 spiro atoms. The van der Waals surface area contributed by atoms with Crippen molar-refractivity contribution in [2.45, 2.75) is 36.7 Å². The Labute approximate surface area is 297 Å². The summed E-state index contributed by atoms with van der Waals surface area (Å²) in [5.74, 6) is 1.55. The van der Waals surface area contributed by atoms with Gasteiger partial charge in [0.2, 0.25) is 0 Å². The van der Waals surface area contributed by atoms with E-state index < -0.39 is 0 Å². The molecule has 0 fully saturated rings. The molecule has 0 aliphatic heterocycles. The molecule has 0 aliphatic rings. The molecule has 0 bridgehead atoms. The summed E-state index contributed by atoms with van der Waals surface area (Å²) in [7, 11) is 0. The van der Waals surface area contributed by atoms with Gasteiger partial charge in [-0.15, -0.1) is 11.6 Å². The zero-order chi connectivity index (χ0) is 26.6. The van der Waals surface area contributed by atoms with Gasteiger partial charge in [0, 0.05) is 11.6 Å². The average molecular weight is 768 g/mol. The maximum Gasteiger partial charge on any atom is 1.00 e. The summed E-state index contributed by atoms with van der Waals surface area (Å²) in [5, 5.41) is 12.2. The van der Waals surface area contributed by atoms with Crippen molar-refractivity contribution < 1.29 is 53.5 Å². The van der Waals surface area contributed by atoms with E-state index in [0.717, 1.165) is 14.0 Å². The number of halogens is 2. The molecule has 38 heavy (non-hydrogen) atoms. The van der Waals surface area contributed by atoms with E-state index in [2.05, 4.69) is 58.2 Å². The number of rotatable bonds is 7. The van der Waals surface area contributed by atoms with Crippen LogP contribution in [0.3, 0.4) is 0 Å². The quantitative estimate of drug-likeness (QED) is 0.0885. The summed E-state index contributed by atoms with van der Waals surface area (Å²) < 4.78 is 3.13. The molecule has 14 heteroatoms. The SMILES string of the molecule is CCN(CC)CC.ClCc1ccccc1.S=c1[nH][nH]c(=S)s1.S=c1[nH]nc(SCc2ccccc2)s1.[I-].[Na+]. The molecule has 0 radical (unpaired) electrons. The minimum absolute atomic E-state index is 0. The van der Waals surface area contributed by atoms with Gasteiger partial charge in [0.25, 0.3) is 0 Å². The Morgan fingerprint density at radius 2 is 1.26 bits per heavy atom. The first-order chi connectivity index (χ1) is 17.4. The first-order valence-corrected chi connectivity index (χ1v) is 15.6. The molecule has 4 aromatic rings. The van der Waals surface area contributed by atoms with Crippen LogP contribution in [0.4, 0.5) is 0 Å². The number of aromatic amines is 3. The molecule has 0 unspecified atom stereocenters. The number of nitrogens with one attached hydrogen (secondary N) is 3. The molecule has 2 aromatic carbocycles. The molecule has 2 aromatic heterocycles. The molecular weight excluding hydrogens is 736 g/mol. The Hall–Kier alpha value is 0.550. The maximum atomic E-state index is 5.53. The maximum absolute atomic E-state index is 5.53. The fourth-order valence-electron chi connectivity index (χ4n) is 2.47. The summed E-state index contributed by atoms with van der Waals surface area (Å²) >= 11 is 24.5. The second-order valence-corrected chi connectivity index (χ2v) is 12.3. The van der Waals surface area contributed by atoms with E-state index >= 15 is 0 Å². The normalized spacial score (nSPS) is 9.29. The van der Waals surface area contributed by atoms with Crippen LogP contribution in [0.15, 0.2) is 65.0 Å². The van der Waals surface area contributed by atoms with Crippen molar-refractivity contribution in [1.82, 2.24) is 25.3 Å². The minimum atomic E-state index is 0. The van der Waals surface area contributed by atoms with Crippen LogP contribution in [0.2, 0.25) is 0 Å². The van der Waals surface area contributed by atoms with Gasteiger partial charge in [0.15, 0.2) is 16.2 Å². The first-order valence-electron chi connectivity index (χ1n) is 11.2. The van der Waals surface area contributed by atoms with Gasteiger partial charge in [-0.05, 0) is 67.4 Å². The van der Waals surface area contributed by atoms with Gasteiger partial charge in [0.1, 0.15) is 0 Å². The summed E-state index contributed by atoms with van der Waals surface area (Å²) in [6.45, 7) is 10.1. The molecule has 4 rings (SSSR count). The molecule has 5 nitrogen and oxygen atoms in total. The Morgan fingerprint density at radius 3 is 1.55 bits per heavy atom. The van der Waals surface area contributed by atoms with Gasteiger partial charge in [0.05, 0.1) is 0 Å². The van der Waals surface area contributed by atoms with Gasteiger partial charge in [-0.2, -0.15) is 5.10 Å². The number of aromatic nitrogens is 4. The predicted octanol–water partition coefficient (Wildman–Crippen LogP) is 3.14. The average Bonchev–Trinajstić information content (AvgIpc) is 3.52. The largest absolute Gasteiger partial charge is 1.00 e. The van der Waals surface area contributed by atoms with E-state index in [9.17, 15) is 0 Å². The van der Waals surface area contributed by atoms with Crippen LogP contribution in [0.5, 0.6) is 0 Å². The summed E-state index contributed by atoms with van der Waals surface area (Å²) in [4.78, 5) is 2.38. The van der Waals surface area contributed by atoms with Crippen LogP contribution in [-0.2, 0) is 11.6 Å². The van der Waals surface area contributed by atoms with Gasteiger partial charge in [-0.1, -0.05) is 116 Å². The van der Waals surface area contributed by atoms with Crippen molar-refractivity contribution in [2.24, 2.45) is 0 Å². The third-order valence-electron chi connectivity index (χ3n) is 4.41. The first kappa shape index (κ1) is 40.7. The van der Waals surface area contributed by atoms with E-state index in [4.69, 9.17) is 48.3 Å². The summed E-state index contributed by atoms with van der Waals surface area (Å²) in [6, 6.07) is 20.3. The minimum Gasteiger partial charge on any atom is -1.00 e. The van der Waals surface area contributed by atoms with E-state index in [1.54, 1.807) is 11.8 Å². The van der Waals surface area contributed by atoms with E-state index in [1.807, 2.05) is 48.5 Å². The van der Waals surface area contributed by atoms with E-state index in [1.165, 1.54) is 53.4 Å². The molecule has 0 aliphatic carbocycles. The number of hydrogen-bond acceptors (Lipinski definition) is 8. The Morgan fingerprint density at radius 1 is 0.789 bits per heavy atom. The molecule has 0 amide bonds. The zero-order valence-corrected chi connectivity index (χ0v) is 31.7. The Kier molecular flexibility index (Phi) is 28.3. The van der Waals surface area contributed by atoms with Crippen molar-refractivity contribution >= 4 is 82.7 Å². The molecule has 3 N–H and O–H groups in total. The molecule has 2 heterocycles. The number of hydrogen-bond donors (Lipinski definition) is 3. The molecule has 204 valence electrons. The van der Waals surface area contributed by atoms with Crippen LogP contribution >= 0.6 is 82.7 Å². The van der Waals surface area contributed by atoms with Crippen LogP contribution < -0.4 is 53.5 Å². The monoisotopic (exact) mass is 767 g/mol. The standard InChI is InChI=1S/C9H8N2S3.C7H7Cl.C6H15N.C2H2N2S3.HI.Na/c12-8-10-11-9(14-8)13-6-7-4-2-1-3-5-7;8-6-7-4-2-1-3-5-7;1-4-7(5-2)6-3;5-1-3-4-2(6)7-1;;/h1-5H,6H2,(H,10,12);1-5H,6H2;4-6H2,1-3H3;(H,3,5)(H,4,6);1H;/q;;;;;+1/p-1. The number of H-pyrrole nitrogens is 3. The smallest absolute Gasteiger partial charge is 1.00 e. The van der Waals surface area contributed by atoms with Crippen molar-refractivity contribution in [3.05, 3.63) is 83.7 Å². The Bertz CT molecular complexity index is 1200. The molecule has 0 saturated carbocycles. The van der Waals surface area contributed by atoms with Gasteiger partial charge < -0.3 is 28.9 Å². The number of nitrogens with zero attached hydrogens (tertiary/aromatic N) is 2. The third-order valence-corrected chi connectivity index (χ3v) is 8.31. The zero-order valence-electron chi connectivity index (χ0n) is 21.9. The fraction of sp³-hybridized carbons (Fsp3) is 0.333. The summed E-state index contributed by atoms with van der Waals surface area (Å²) in [6.07, 6.45) is 0. The third kappa shape index (κ3) is 20.4. The van der Waals surface area contributed by atoms with Gasteiger partial charge in [-0.3, -0.25) is 15.3 Å². The van der Waals surface area contributed by atoms with Crippen molar-refractivity contribution in [3.63, 3.8) is 0 Å². The molecule has 0 saturated heterocycles. The fourth-order valence-corrected chi connectivity index (χ4v) is 5.82. The molecule has 0 atom stereocenters. The number of alkyl halides is 1. The van der Waals surface area contributed by atoms with Crippen molar-refractivity contribution in [2.75, 3.05) is 19.6 Å².